The minimum atomic E-state index is -0.240. The minimum absolute atomic E-state index is 0.240. The maximum Gasteiger partial charge on any atom is 0.269 e. The SMILES string of the molecule is C=C(NNC(=O)c1ccc(Br)cc1)c1ccc2c(c1)OCCO2. The van der Waals surface area contributed by atoms with Crippen molar-refractivity contribution in [2.45, 2.75) is 0 Å². The molecule has 0 radical (unpaired) electrons. The third-order valence-electron chi connectivity index (χ3n) is 3.32. The molecule has 3 rings (SSSR count). The molecule has 6 heteroatoms. The van der Waals surface area contributed by atoms with Crippen LogP contribution in [-0.4, -0.2) is 19.1 Å². The average Bonchev–Trinajstić information content (AvgIpc) is 2.59. The fourth-order valence-corrected chi connectivity index (χ4v) is 2.37. The van der Waals surface area contributed by atoms with Crippen molar-refractivity contribution in [1.82, 2.24) is 10.9 Å². The highest BCUT2D eigenvalue weighted by atomic mass is 79.9. The summed E-state index contributed by atoms with van der Waals surface area (Å²) in [6.07, 6.45) is 0. The Bertz CT molecular complexity index is 744. The summed E-state index contributed by atoms with van der Waals surface area (Å²) >= 11 is 3.33. The summed E-state index contributed by atoms with van der Waals surface area (Å²) in [5, 5.41) is 0. The minimum Gasteiger partial charge on any atom is -0.486 e. The fraction of sp³-hybridized carbons (Fsp3) is 0.118. The van der Waals surface area contributed by atoms with Crippen molar-refractivity contribution in [3.8, 4) is 11.5 Å². The molecule has 0 saturated heterocycles. The molecule has 1 aliphatic heterocycles. The second kappa shape index (κ2) is 6.75. The smallest absolute Gasteiger partial charge is 0.269 e. The number of hydrazine groups is 1. The van der Waals surface area contributed by atoms with Gasteiger partial charge in [0, 0.05) is 15.6 Å². The number of carbonyl (C=O) groups is 1. The Morgan fingerprint density at radius 3 is 2.35 bits per heavy atom. The van der Waals surface area contributed by atoms with E-state index in [-0.39, 0.29) is 5.91 Å². The first kappa shape index (κ1) is 15.4. The molecule has 1 heterocycles. The Morgan fingerprint density at radius 2 is 1.61 bits per heavy atom. The zero-order valence-electron chi connectivity index (χ0n) is 12.3. The van der Waals surface area contributed by atoms with E-state index in [1.165, 1.54) is 0 Å². The lowest BCUT2D eigenvalue weighted by Gasteiger charge is -2.19. The Balaban J connectivity index is 1.63. The van der Waals surface area contributed by atoms with Crippen molar-refractivity contribution in [2.75, 3.05) is 13.2 Å². The summed E-state index contributed by atoms with van der Waals surface area (Å²) in [5.74, 6) is 1.15. The van der Waals surface area contributed by atoms with Crippen LogP contribution in [0.4, 0.5) is 0 Å². The molecular weight excluding hydrogens is 360 g/mol. The largest absolute Gasteiger partial charge is 0.486 e. The molecule has 0 unspecified atom stereocenters. The van der Waals surface area contributed by atoms with Crippen LogP contribution in [0.15, 0.2) is 53.5 Å². The van der Waals surface area contributed by atoms with E-state index in [0.29, 0.717) is 36.0 Å². The Hall–Kier alpha value is -2.47. The topological polar surface area (TPSA) is 59.6 Å². The van der Waals surface area contributed by atoms with Crippen molar-refractivity contribution in [3.63, 3.8) is 0 Å². The summed E-state index contributed by atoms with van der Waals surface area (Å²) in [6.45, 7) is 5.00. The average molecular weight is 375 g/mol. The molecule has 2 N–H and O–H groups in total. The molecule has 0 saturated carbocycles. The van der Waals surface area contributed by atoms with Crippen molar-refractivity contribution in [1.29, 1.82) is 0 Å². The van der Waals surface area contributed by atoms with Crippen molar-refractivity contribution in [3.05, 3.63) is 64.6 Å². The highest BCUT2D eigenvalue weighted by Crippen LogP contribution is 2.32. The number of carbonyl (C=O) groups excluding carboxylic acids is 1. The van der Waals surface area contributed by atoms with E-state index in [2.05, 4.69) is 33.4 Å². The van der Waals surface area contributed by atoms with Gasteiger partial charge < -0.3 is 9.47 Å². The van der Waals surface area contributed by atoms with Gasteiger partial charge in [-0.1, -0.05) is 22.5 Å². The molecule has 0 aliphatic carbocycles. The van der Waals surface area contributed by atoms with Gasteiger partial charge in [-0.15, -0.1) is 0 Å². The summed E-state index contributed by atoms with van der Waals surface area (Å²) < 4.78 is 11.9. The van der Waals surface area contributed by atoms with Gasteiger partial charge in [0.05, 0.1) is 5.70 Å². The van der Waals surface area contributed by atoms with E-state index in [1.54, 1.807) is 12.1 Å². The van der Waals surface area contributed by atoms with E-state index in [4.69, 9.17) is 9.47 Å². The standard InChI is InChI=1S/C17H15BrN2O3/c1-11(13-4-7-15-16(10-13)23-9-8-22-15)19-20-17(21)12-2-5-14(18)6-3-12/h2-7,10,19H,1,8-9H2,(H,20,21). The van der Waals surface area contributed by atoms with Crippen molar-refractivity contribution in [2.24, 2.45) is 0 Å². The first-order valence-corrected chi connectivity index (χ1v) is 7.83. The van der Waals surface area contributed by atoms with Gasteiger partial charge in [0.25, 0.3) is 5.91 Å². The molecule has 0 atom stereocenters. The normalized spacial score (nSPS) is 12.4. The predicted octanol–water partition coefficient (Wildman–Crippen LogP) is 3.13. The zero-order valence-corrected chi connectivity index (χ0v) is 13.9. The lowest BCUT2D eigenvalue weighted by molar-refractivity contribution is 0.0942. The fourth-order valence-electron chi connectivity index (χ4n) is 2.11. The van der Waals surface area contributed by atoms with Crippen LogP contribution in [0.5, 0.6) is 11.5 Å². The molecule has 0 aromatic heterocycles. The molecule has 118 valence electrons. The van der Waals surface area contributed by atoms with Crippen molar-refractivity contribution < 1.29 is 14.3 Å². The molecule has 5 nitrogen and oxygen atoms in total. The maximum absolute atomic E-state index is 12.0. The zero-order chi connectivity index (χ0) is 16.2. The van der Waals surface area contributed by atoms with Gasteiger partial charge in [-0.05, 0) is 42.5 Å². The summed E-state index contributed by atoms with van der Waals surface area (Å²) in [6, 6.07) is 12.6. The van der Waals surface area contributed by atoms with Gasteiger partial charge in [0.15, 0.2) is 11.5 Å². The Kier molecular flexibility index (Phi) is 4.52. The van der Waals surface area contributed by atoms with Crippen molar-refractivity contribution >= 4 is 27.5 Å². The van der Waals surface area contributed by atoms with Crippen LogP contribution in [-0.2, 0) is 0 Å². The van der Waals surface area contributed by atoms with Gasteiger partial charge in [-0.25, -0.2) is 0 Å². The monoisotopic (exact) mass is 374 g/mol. The summed E-state index contributed by atoms with van der Waals surface area (Å²) in [5.41, 5.74) is 7.36. The molecule has 23 heavy (non-hydrogen) atoms. The number of benzene rings is 2. The number of nitrogens with one attached hydrogen (secondary N) is 2. The number of ether oxygens (including phenoxy) is 2. The van der Waals surface area contributed by atoms with Gasteiger partial charge in [-0.2, -0.15) is 0 Å². The van der Waals surface area contributed by atoms with Gasteiger partial charge in [-0.3, -0.25) is 15.6 Å². The number of hydrogen-bond acceptors (Lipinski definition) is 4. The lowest BCUT2D eigenvalue weighted by Crippen LogP contribution is -2.35. The Morgan fingerprint density at radius 1 is 0.957 bits per heavy atom. The van der Waals surface area contributed by atoms with Gasteiger partial charge in [0.1, 0.15) is 13.2 Å². The molecule has 1 aliphatic rings. The third-order valence-corrected chi connectivity index (χ3v) is 3.85. The van der Waals surface area contributed by atoms with E-state index >= 15 is 0 Å². The van der Waals surface area contributed by atoms with Crippen LogP contribution in [0, 0.1) is 0 Å². The van der Waals surface area contributed by atoms with Crippen LogP contribution in [0.2, 0.25) is 0 Å². The number of halogens is 1. The third kappa shape index (κ3) is 3.65. The highest BCUT2D eigenvalue weighted by Gasteiger charge is 2.13. The number of rotatable bonds is 4. The Labute approximate surface area is 142 Å². The van der Waals surface area contributed by atoms with Crippen LogP contribution in [0.25, 0.3) is 5.70 Å². The molecule has 2 aromatic rings. The molecule has 1 amide bonds. The molecule has 2 aromatic carbocycles. The molecular formula is C17H15BrN2O3. The van der Waals surface area contributed by atoms with Crippen LogP contribution in [0.1, 0.15) is 15.9 Å². The second-order valence-corrected chi connectivity index (χ2v) is 5.84. The lowest BCUT2D eigenvalue weighted by atomic mass is 10.1. The quantitative estimate of drug-likeness (QED) is 0.807. The predicted molar refractivity (Wildman–Crippen MR) is 91.2 cm³/mol. The number of hydrogen-bond donors (Lipinski definition) is 2. The van der Waals surface area contributed by atoms with Crippen LogP contribution in [0.3, 0.4) is 0 Å². The molecule has 0 spiro atoms. The van der Waals surface area contributed by atoms with E-state index < -0.39 is 0 Å². The van der Waals surface area contributed by atoms with Gasteiger partial charge >= 0.3 is 0 Å². The summed E-state index contributed by atoms with van der Waals surface area (Å²) in [7, 11) is 0. The summed E-state index contributed by atoms with van der Waals surface area (Å²) in [4.78, 5) is 12.0. The van der Waals surface area contributed by atoms with E-state index in [1.807, 2.05) is 30.3 Å². The number of fused-ring (bicyclic) bond motifs is 1. The number of amides is 1. The second-order valence-electron chi connectivity index (χ2n) is 4.92. The van der Waals surface area contributed by atoms with Crippen LogP contribution >= 0.6 is 15.9 Å². The van der Waals surface area contributed by atoms with Crippen LogP contribution < -0.4 is 20.3 Å². The highest BCUT2D eigenvalue weighted by molar-refractivity contribution is 9.10. The molecule has 0 fully saturated rings. The van der Waals surface area contributed by atoms with E-state index in [0.717, 1.165) is 10.0 Å². The first-order valence-electron chi connectivity index (χ1n) is 7.04. The van der Waals surface area contributed by atoms with Gasteiger partial charge in [0.2, 0.25) is 0 Å². The molecule has 0 bridgehead atoms. The van der Waals surface area contributed by atoms with E-state index in [9.17, 15) is 4.79 Å². The maximum atomic E-state index is 12.0. The first-order chi connectivity index (χ1) is 11.1.